The van der Waals surface area contributed by atoms with Gasteiger partial charge in [-0.1, -0.05) is 25.1 Å². The molecule has 0 spiro atoms. The minimum atomic E-state index is 0.0633. The van der Waals surface area contributed by atoms with Crippen LogP contribution in [-0.4, -0.2) is 22.7 Å². The lowest BCUT2D eigenvalue weighted by Gasteiger charge is -2.39. The Morgan fingerprint density at radius 1 is 1.30 bits per heavy atom. The van der Waals surface area contributed by atoms with E-state index in [0.717, 1.165) is 28.8 Å². The molecular formula is C17H22N2O. The molecular weight excluding hydrogens is 248 g/mol. The SMILES string of the molecule is CC1CCCN(c2cc(CO)c3ccccc3n2)C1C. The molecule has 0 amide bonds. The molecule has 2 aromatic rings. The molecule has 1 aromatic carbocycles. The highest BCUT2D eigenvalue weighted by molar-refractivity contribution is 5.84. The van der Waals surface area contributed by atoms with Crippen molar-refractivity contribution in [2.75, 3.05) is 11.4 Å². The van der Waals surface area contributed by atoms with E-state index in [-0.39, 0.29) is 6.61 Å². The molecule has 3 rings (SSSR count). The Balaban J connectivity index is 2.07. The van der Waals surface area contributed by atoms with E-state index in [1.165, 1.54) is 12.8 Å². The highest BCUT2D eigenvalue weighted by Crippen LogP contribution is 2.30. The zero-order chi connectivity index (χ0) is 14.1. The lowest BCUT2D eigenvalue weighted by molar-refractivity contribution is 0.283. The number of hydrogen-bond acceptors (Lipinski definition) is 3. The minimum absolute atomic E-state index is 0.0633. The number of benzene rings is 1. The number of aliphatic hydroxyl groups is 1. The van der Waals surface area contributed by atoms with Crippen molar-refractivity contribution in [2.24, 2.45) is 5.92 Å². The van der Waals surface area contributed by atoms with Crippen LogP contribution in [0, 0.1) is 5.92 Å². The van der Waals surface area contributed by atoms with E-state index in [2.05, 4.69) is 24.8 Å². The molecule has 1 aliphatic rings. The van der Waals surface area contributed by atoms with Gasteiger partial charge in [0.05, 0.1) is 12.1 Å². The first kappa shape index (κ1) is 13.4. The smallest absolute Gasteiger partial charge is 0.129 e. The molecule has 1 saturated heterocycles. The average Bonchev–Trinajstić information content (AvgIpc) is 2.49. The van der Waals surface area contributed by atoms with E-state index in [0.29, 0.717) is 12.0 Å². The summed E-state index contributed by atoms with van der Waals surface area (Å²) in [6.07, 6.45) is 2.51. The third-order valence-corrected chi connectivity index (χ3v) is 4.63. The van der Waals surface area contributed by atoms with Gasteiger partial charge in [-0.2, -0.15) is 0 Å². The zero-order valence-corrected chi connectivity index (χ0v) is 12.2. The second-order valence-electron chi connectivity index (χ2n) is 5.87. The summed E-state index contributed by atoms with van der Waals surface area (Å²) >= 11 is 0. The lowest BCUT2D eigenvalue weighted by Crippen LogP contribution is -2.43. The van der Waals surface area contributed by atoms with Gasteiger partial charge in [0.15, 0.2) is 0 Å². The van der Waals surface area contributed by atoms with Crippen LogP contribution in [0.1, 0.15) is 32.3 Å². The molecule has 3 heteroatoms. The van der Waals surface area contributed by atoms with Crippen molar-refractivity contribution >= 4 is 16.7 Å². The molecule has 0 radical (unpaired) electrons. The van der Waals surface area contributed by atoms with Crippen LogP contribution in [0.3, 0.4) is 0 Å². The summed E-state index contributed by atoms with van der Waals surface area (Å²) in [4.78, 5) is 7.20. The van der Waals surface area contributed by atoms with Gasteiger partial charge < -0.3 is 10.0 Å². The molecule has 2 unspecified atom stereocenters. The van der Waals surface area contributed by atoms with E-state index in [1.54, 1.807) is 0 Å². The van der Waals surface area contributed by atoms with E-state index in [9.17, 15) is 5.11 Å². The summed E-state index contributed by atoms with van der Waals surface area (Å²) in [6, 6.07) is 10.6. The van der Waals surface area contributed by atoms with Crippen molar-refractivity contribution in [1.29, 1.82) is 0 Å². The highest BCUT2D eigenvalue weighted by Gasteiger charge is 2.26. The third-order valence-electron chi connectivity index (χ3n) is 4.63. The number of anilines is 1. The fraction of sp³-hybridized carbons (Fsp3) is 0.471. The lowest BCUT2D eigenvalue weighted by atomic mass is 9.92. The van der Waals surface area contributed by atoms with E-state index in [4.69, 9.17) is 4.98 Å². The van der Waals surface area contributed by atoms with Crippen LogP contribution in [0.25, 0.3) is 10.9 Å². The van der Waals surface area contributed by atoms with Gasteiger partial charge in [-0.05, 0) is 43.4 Å². The van der Waals surface area contributed by atoms with Crippen LogP contribution >= 0.6 is 0 Å². The topological polar surface area (TPSA) is 36.4 Å². The molecule has 1 fully saturated rings. The Morgan fingerprint density at radius 3 is 2.90 bits per heavy atom. The normalized spacial score (nSPS) is 23.2. The first-order valence-electron chi connectivity index (χ1n) is 7.47. The first-order valence-corrected chi connectivity index (χ1v) is 7.47. The summed E-state index contributed by atoms with van der Waals surface area (Å²) in [5.41, 5.74) is 1.94. The zero-order valence-electron chi connectivity index (χ0n) is 12.2. The number of nitrogens with zero attached hydrogens (tertiary/aromatic N) is 2. The number of rotatable bonds is 2. The average molecular weight is 270 g/mol. The number of piperidine rings is 1. The second kappa shape index (κ2) is 5.41. The largest absolute Gasteiger partial charge is 0.392 e. The monoisotopic (exact) mass is 270 g/mol. The Morgan fingerprint density at radius 2 is 2.10 bits per heavy atom. The molecule has 1 N–H and O–H groups in total. The maximum Gasteiger partial charge on any atom is 0.129 e. The van der Waals surface area contributed by atoms with Crippen molar-refractivity contribution in [3.8, 4) is 0 Å². The number of pyridine rings is 1. The van der Waals surface area contributed by atoms with Gasteiger partial charge in [-0.15, -0.1) is 0 Å². The maximum absolute atomic E-state index is 9.63. The predicted molar refractivity (Wildman–Crippen MR) is 82.9 cm³/mol. The molecule has 20 heavy (non-hydrogen) atoms. The molecule has 106 valence electrons. The van der Waals surface area contributed by atoms with Gasteiger partial charge in [0, 0.05) is 18.0 Å². The minimum Gasteiger partial charge on any atom is -0.392 e. The Kier molecular flexibility index (Phi) is 3.62. The molecule has 1 aromatic heterocycles. The number of para-hydroxylation sites is 1. The van der Waals surface area contributed by atoms with Gasteiger partial charge >= 0.3 is 0 Å². The van der Waals surface area contributed by atoms with Crippen LogP contribution in [0.15, 0.2) is 30.3 Å². The van der Waals surface area contributed by atoms with Crippen molar-refractivity contribution in [3.05, 3.63) is 35.9 Å². The summed E-state index contributed by atoms with van der Waals surface area (Å²) in [5, 5.41) is 10.7. The number of hydrogen-bond donors (Lipinski definition) is 1. The molecule has 2 atom stereocenters. The van der Waals surface area contributed by atoms with Crippen LogP contribution < -0.4 is 4.90 Å². The second-order valence-corrected chi connectivity index (χ2v) is 5.87. The molecule has 3 nitrogen and oxygen atoms in total. The van der Waals surface area contributed by atoms with Crippen LogP contribution in [0.4, 0.5) is 5.82 Å². The third kappa shape index (κ3) is 2.27. The fourth-order valence-corrected chi connectivity index (χ4v) is 3.17. The van der Waals surface area contributed by atoms with E-state index in [1.807, 2.05) is 24.3 Å². The quantitative estimate of drug-likeness (QED) is 0.909. The Labute approximate surface area is 120 Å². The Hall–Kier alpha value is -1.61. The van der Waals surface area contributed by atoms with E-state index < -0.39 is 0 Å². The van der Waals surface area contributed by atoms with Crippen molar-refractivity contribution in [2.45, 2.75) is 39.3 Å². The maximum atomic E-state index is 9.63. The van der Waals surface area contributed by atoms with Gasteiger partial charge in [0.2, 0.25) is 0 Å². The summed E-state index contributed by atoms with van der Waals surface area (Å²) < 4.78 is 0. The van der Waals surface area contributed by atoms with Gasteiger partial charge in [0.25, 0.3) is 0 Å². The standard InChI is InChI=1S/C17H22N2O/c1-12-6-5-9-19(13(12)2)17-10-14(11-20)15-7-3-4-8-16(15)18-17/h3-4,7-8,10,12-13,20H,5-6,9,11H2,1-2H3. The van der Waals surface area contributed by atoms with Gasteiger partial charge in [0.1, 0.15) is 5.82 Å². The molecule has 0 aliphatic carbocycles. The highest BCUT2D eigenvalue weighted by atomic mass is 16.3. The first-order chi connectivity index (χ1) is 9.70. The molecule has 1 aliphatic heterocycles. The van der Waals surface area contributed by atoms with Gasteiger partial charge in [-0.3, -0.25) is 0 Å². The summed E-state index contributed by atoms with van der Waals surface area (Å²) in [6.45, 7) is 5.71. The predicted octanol–water partition coefficient (Wildman–Crippen LogP) is 3.35. The van der Waals surface area contributed by atoms with Crippen LogP contribution in [0.5, 0.6) is 0 Å². The number of fused-ring (bicyclic) bond motifs is 1. The number of aromatic nitrogens is 1. The van der Waals surface area contributed by atoms with E-state index >= 15 is 0 Å². The number of aliphatic hydroxyl groups excluding tert-OH is 1. The van der Waals surface area contributed by atoms with Crippen molar-refractivity contribution < 1.29 is 5.11 Å². The van der Waals surface area contributed by atoms with Crippen LogP contribution in [-0.2, 0) is 6.61 Å². The van der Waals surface area contributed by atoms with Crippen molar-refractivity contribution in [1.82, 2.24) is 4.98 Å². The van der Waals surface area contributed by atoms with Crippen molar-refractivity contribution in [3.63, 3.8) is 0 Å². The summed E-state index contributed by atoms with van der Waals surface area (Å²) in [5.74, 6) is 1.70. The molecule has 0 bridgehead atoms. The molecule has 0 saturated carbocycles. The Bertz CT molecular complexity index is 611. The van der Waals surface area contributed by atoms with Gasteiger partial charge in [-0.25, -0.2) is 4.98 Å². The summed E-state index contributed by atoms with van der Waals surface area (Å²) in [7, 11) is 0. The molecule has 2 heterocycles. The fourth-order valence-electron chi connectivity index (χ4n) is 3.17. The van der Waals surface area contributed by atoms with Crippen LogP contribution in [0.2, 0.25) is 0 Å².